The first-order valence-electron chi connectivity index (χ1n) is 8.72. The Morgan fingerprint density at radius 2 is 1.79 bits per heavy atom. The van der Waals surface area contributed by atoms with Crippen LogP contribution in [-0.2, 0) is 14.8 Å². The third kappa shape index (κ3) is 4.78. The number of benzene rings is 2. The van der Waals surface area contributed by atoms with Crippen molar-refractivity contribution in [3.63, 3.8) is 0 Å². The van der Waals surface area contributed by atoms with Gasteiger partial charge in [-0.15, -0.1) is 11.0 Å². The summed E-state index contributed by atoms with van der Waals surface area (Å²) in [6.45, 7) is 5.68. The number of carbonyl (C=O) groups excluding carboxylic acids is 1. The molecule has 0 saturated carbocycles. The zero-order valence-electron chi connectivity index (χ0n) is 16.0. The Hall–Kier alpha value is -2.84. The minimum Gasteiger partial charge on any atom is -0.497 e. The average Bonchev–Trinajstić information content (AvgIpc) is 2.97. The molecule has 0 radical (unpaired) electrons. The van der Waals surface area contributed by atoms with Crippen molar-refractivity contribution in [1.29, 1.82) is 0 Å². The van der Waals surface area contributed by atoms with E-state index in [1.54, 1.807) is 37.5 Å². The van der Waals surface area contributed by atoms with Gasteiger partial charge in [0.05, 0.1) is 16.9 Å². The van der Waals surface area contributed by atoms with Gasteiger partial charge in [-0.3, -0.25) is 9.69 Å². The van der Waals surface area contributed by atoms with Gasteiger partial charge in [-0.05, 0) is 54.6 Å². The van der Waals surface area contributed by atoms with E-state index in [9.17, 15) is 13.2 Å². The Balaban J connectivity index is 1.96. The van der Waals surface area contributed by atoms with Crippen LogP contribution < -0.4 is 4.74 Å². The van der Waals surface area contributed by atoms with Gasteiger partial charge >= 0.3 is 0 Å². The summed E-state index contributed by atoms with van der Waals surface area (Å²) in [7, 11) is -2.37. The largest absolute Gasteiger partial charge is 0.497 e. The molecular weight excluding hydrogens is 408 g/mol. The second kappa shape index (κ2) is 8.67. The molecule has 1 aliphatic rings. The van der Waals surface area contributed by atoms with E-state index in [-0.39, 0.29) is 22.5 Å². The maximum Gasteiger partial charge on any atom is 0.284 e. The van der Waals surface area contributed by atoms with E-state index < -0.39 is 10.0 Å². The van der Waals surface area contributed by atoms with Crippen molar-refractivity contribution in [2.45, 2.75) is 11.8 Å². The van der Waals surface area contributed by atoms with E-state index in [0.29, 0.717) is 10.7 Å². The zero-order chi connectivity index (χ0) is 21.0. The fourth-order valence-electron chi connectivity index (χ4n) is 2.58. The van der Waals surface area contributed by atoms with Gasteiger partial charge in [-0.25, -0.2) is 0 Å². The highest BCUT2D eigenvalue weighted by molar-refractivity contribution is 8.19. The molecule has 2 aromatic rings. The molecule has 3 rings (SSSR count). The van der Waals surface area contributed by atoms with Crippen molar-refractivity contribution in [1.82, 2.24) is 4.90 Å². The first-order valence-corrected chi connectivity index (χ1v) is 11.0. The highest BCUT2D eigenvalue weighted by atomic mass is 32.2. The molecule has 1 aliphatic heterocycles. The molecule has 1 amide bonds. The summed E-state index contributed by atoms with van der Waals surface area (Å²) >= 11 is 1.03. The predicted octanol–water partition coefficient (Wildman–Crippen LogP) is 3.85. The third-order valence-electron chi connectivity index (χ3n) is 4.13. The van der Waals surface area contributed by atoms with E-state index in [1.807, 2.05) is 19.1 Å². The van der Waals surface area contributed by atoms with Crippen molar-refractivity contribution >= 4 is 38.9 Å². The Labute approximate surface area is 174 Å². The second-order valence-corrected chi connectivity index (χ2v) is 8.86. The van der Waals surface area contributed by atoms with Gasteiger partial charge in [0, 0.05) is 6.54 Å². The van der Waals surface area contributed by atoms with E-state index in [1.165, 1.54) is 23.1 Å². The molecule has 0 N–H and O–H groups in total. The second-order valence-electron chi connectivity index (χ2n) is 6.25. The van der Waals surface area contributed by atoms with Crippen molar-refractivity contribution in [2.24, 2.45) is 4.40 Å². The number of hydrogen-bond donors (Lipinski definition) is 0. The maximum atomic E-state index is 12.8. The molecule has 0 bridgehead atoms. The Morgan fingerprint density at radius 3 is 2.38 bits per heavy atom. The standard InChI is InChI=1S/C21H20N2O4S2/c1-4-13-23-20(24)19(14-16-7-9-17(27-3)10-8-16)28-21(23)22-29(25,26)18-11-5-15(2)6-12-18/h4-12,14H,1,13H2,2-3H3. The molecule has 2 aromatic carbocycles. The Bertz CT molecular complexity index is 1090. The number of methoxy groups -OCH3 is 1. The molecule has 0 unspecified atom stereocenters. The SMILES string of the molecule is C=CCN1C(=O)C(=Cc2ccc(OC)cc2)SC1=NS(=O)(=O)c1ccc(C)cc1. The summed E-state index contributed by atoms with van der Waals surface area (Å²) in [4.78, 5) is 14.6. The van der Waals surface area contributed by atoms with Gasteiger partial charge in [0.25, 0.3) is 15.9 Å². The van der Waals surface area contributed by atoms with Gasteiger partial charge < -0.3 is 4.74 Å². The van der Waals surface area contributed by atoms with Crippen molar-refractivity contribution < 1.29 is 17.9 Å². The van der Waals surface area contributed by atoms with E-state index in [0.717, 1.165) is 22.9 Å². The van der Waals surface area contributed by atoms with Crippen molar-refractivity contribution in [3.05, 3.63) is 77.2 Å². The Kier molecular flexibility index (Phi) is 6.24. The molecule has 0 aliphatic carbocycles. The van der Waals surface area contributed by atoms with Crippen LogP contribution in [0.15, 0.2) is 75.4 Å². The summed E-state index contributed by atoms with van der Waals surface area (Å²) < 4.78 is 34.4. The molecule has 1 saturated heterocycles. The Morgan fingerprint density at radius 1 is 1.14 bits per heavy atom. The number of hydrogen-bond acceptors (Lipinski definition) is 5. The van der Waals surface area contributed by atoms with Crippen LogP contribution >= 0.6 is 11.8 Å². The lowest BCUT2D eigenvalue weighted by Crippen LogP contribution is -2.29. The summed E-state index contributed by atoms with van der Waals surface area (Å²) in [5.41, 5.74) is 1.74. The first-order chi connectivity index (χ1) is 13.8. The van der Waals surface area contributed by atoms with Crippen LogP contribution in [0.1, 0.15) is 11.1 Å². The number of thioether (sulfide) groups is 1. The third-order valence-corrected chi connectivity index (χ3v) is 6.53. The molecule has 6 nitrogen and oxygen atoms in total. The molecule has 0 atom stereocenters. The molecule has 0 aromatic heterocycles. The lowest BCUT2D eigenvalue weighted by Gasteiger charge is -2.12. The number of nitrogens with zero attached hydrogens (tertiary/aromatic N) is 2. The number of carbonyl (C=O) groups is 1. The summed E-state index contributed by atoms with van der Waals surface area (Å²) in [6, 6.07) is 13.6. The molecule has 1 fully saturated rings. The van der Waals surface area contributed by atoms with Crippen LogP contribution in [0.4, 0.5) is 0 Å². The van der Waals surface area contributed by atoms with Crippen LogP contribution in [0, 0.1) is 6.92 Å². The van der Waals surface area contributed by atoms with Gasteiger partial charge in [0.1, 0.15) is 5.75 Å². The smallest absolute Gasteiger partial charge is 0.284 e. The predicted molar refractivity (Wildman–Crippen MR) is 116 cm³/mol. The summed E-state index contributed by atoms with van der Waals surface area (Å²) in [6.07, 6.45) is 3.23. The number of rotatable bonds is 6. The van der Waals surface area contributed by atoms with Gasteiger partial charge in [-0.1, -0.05) is 35.9 Å². The minimum absolute atomic E-state index is 0.0785. The van der Waals surface area contributed by atoms with E-state index >= 15 is 0 Å². The quantitative estimate of drug-likeness (QED) is 0.516. The topological polar surface area (TPSA) is 76.0 Å². The fraction of sp³-hybridized carbons (Fsp3) is 0.143. The fourth-order valence-corrected chi connectivity index (χ4v) is 4.77. The number of ether oxygens (including phenoxy) is 1. The van der Waals surface area contributed by atoms with E-state index in [2.05, 4.69) is 11.0 Å². The molecule has 29 heavy (non-hydrogen) atoms. The number of amidine groups is 1. The average molecular weight is 429 g/mol. The zero-order valence-corrected chi connectivity index (χ0v) is 17.7. The summed E-state index contributed by atoms with van der Waals surface area (Å²) in [5.74, 6) is 0.390. The number of amides is 1. The van der Waals surface area contributed by atoms with Crippen LogP contribution in [0.3, 0.4) is 0 Å². The lowest BCUT2D eigenvalue weighted by atomic mass is 10.2. The maximum absolute atomic E-state index is 12.8. The van der Waals surface area contributed by atoms with Gasteiger partial charge in [-0.2, -0.15) is 8.42 Å². The minimum atomic E-state index is -3.95. The lowest BCUT2D eigenvalue weighted by molar-refractivity contribution is -0.121. The van der Waals surface area contributed by atoms with Gasteiger partial charge in [0.2, 0.25) is 0 Å². The van der Waals surface area contributed by atoms with Crippen LogP contribution in [-0.4, -0.2) is 38.0 Å². The molecular formula is C21H20N2O4S2. The molecule has 1 heterocycles. The first kappa shape index (κ1) is 20.9. The normalized spacial score (nSPS) is 17.2. The summed E-state index contributed by atoms with van der Waals surface area (Å²) in [5, 5.41) is 0.107. The van der Waals surface area contributed by atoms with E-state index in [4.69, 9.17) is 4.74 Å². The monoisotopic (exact) mass is 428 g/mol. The van der Waals surface area contributed by atoms with Crippen molar-refractivity contribution in [3.8, 4) is 5.75 Å². The van der Waals surface area contributed by atoms with Crippen LogP contribution in [0.2, 0.25) is 0 Å². The number of aryl methyl sites for hydroxylation is 1. The highest BCUT2D eigenvalue weighted by Gasteiger charge is 2.34. The van der Waals surface area contributed by atoms with Gasteiger partial charge in [0.15, 0.2) is 5.17 Å². The number of sulfonamides is 1. The molecule has 150 valence electrons. The van der Waals surface area contributed by atoms with Crippen LogP contribution in [0.5, 0.6) is 5.75 Å². The molecule has 0 spiro atoms. The van der Waals surface area contributed by atoms with Crippen LogP contribution in [0.25, 0.3) is 6.08 Å². The van der Waals surface area contributed by atoms with Crippen molar-refractivity contribution in [2.75, 3.05) is 13.7 Å². The molecule has 8 heteroatoms. The highest BCUT2D eigenvalue weighted by Crippen LogP contribution is 2.34.